The number of hydrogen-bond donors (Lipinski definition) is 3. The molecule has 0 bridgehead atoms. The van der Waals surface area contributed by atoms with Crippen LogP contribution in [0.15, 0.2) is 48.5 Å². The van der Waals surface area contributed by atoms with Gasteiger partial charge in [0.2, 0.25) is 11.8 Å². The van der Waals surface area contributed by atoms with Gasteiger partial charge < -0.3 is 25.4 Å². The van der Waals surface area contributed by atoms with E-state index in [1.165, 1.54) is 0 Å². The molecule has 8 heteroatoms. The van der Waals surface area contributed by atoms with Crippen molar-refractivity contribution < 1.29 is 23.9 Å². The van der Waals surface area contributed by atoms with Gasteiger partial charge in [0, 0.05) is 24.3 Å². The molecule has 0 radical (unpaired) electrons. The van der Waals surface area contributed by atoms with Gasteiger partial charge in [-0.2, -0.15) is 0 Å². The number of carbonyl (C=O) groups excluding carboxylic acids is 3. The molecule has 0 aromatic heterocycles. The molecule has 0 spiro atoms. The molecule has 3 N–H and O–H groups in total. The van der Waals surface area contributed by atoms with Gasteiger partial charge in [0.05, 0.1) is 13.0 Å². The molecule has 0 aliphatic carbocycles. The summed E-state index contributed by atoms with van der Waals surface area (Å²) in [6.07, 6.45) is -0.255. The summed E-state index contributed by atoms with van der Waals surface area (Å²) in [6.45, 7) is 7.96. The number of carbonyl (C=O) groups is 3. The number of hydrogen-bond acceptors (Lipinski definition) is 5. The third-order valence-corrected chi connectivity index (χ3v) is 4.05. The van der Waals surface area contributed by atoms with Crippen molar-refractivity contribution in [3.05, 3.63) is 54.1 Å². The lowest BCUT2D eigenvalue weighted by Crippen LogP contribution is -2.34. The summed E-state index contributed by atoms with van der Waals surface area (Å²) in [5, 5.41) is 8.12. The zero-order valence-corrected chi connectivity index (χ0v) is 19.0. The lowest BCUT2D eigenvalue weighted by Gasteiger charge is -2.19. The third-order valence-electron chi connectivity index (χ3n) is 4.05. The van der Waals surface area contributed by atoms with E-state index in [1.54, 1.807) is 45.0 Å². The minimum atomic E-state index is -0.593. The average molecular weight is 442 g/mol. The summed E-state index contributed by atoms with van der Waals surface area (Å²) in [7, 11) is 0. The monoisotopic (exact) mass is 441 g/mol. The van der Waals surface area contributed by atoms with Gasteiger partial charge in [-0.25, -0.2) is 4.79 Å². The Hall–Kier alpha value is -3.55. The Morgan fingerprint density at radius 2 is 1.53 bits per heavy atom. The summed E-state index contributed by atoms with van der Waals surface area (Å²) in [5.41, 5.74) is 1.40. The molecule has 0 heterocycles. The van der Waals surface area contributed by atoms with Crippen LogP contribution in [0.3, 0.4) is 0 Å². The standard InChI is InChI=1S/C24H31N3O5/c1-5-31-20-11-9-17(10-12-20)15-22(29)27-19-8-6-7-18(16-19)26-21(28)13-14-25-23(30)32-24(2,3)4/h6-12,16H,5,13-15H2,1-4H3,(H,25,30)(H,26,28)(H,27,29). The Morgan fingerprint density at radius 3 is 2.12 bits per heavy atom. The zero-order chi connectivity index (χ0) is 23.6. The molecule has 2 aromatic carbocycles. The van der Waals surface area contributed by atoms with Crippen LogP contribution in [-0.4, -0.2) is 36.7 Å². The highest BCUT2D eigenvalue weighted by Crippen LogP contribution is 2.17. The highest BCUT2D eigenvalue weighted by atomic mass is 16.6. The van der Waals surface area contributed by atoms with Crippen LogP contribution < -0.4 is 20.7 Å². The second-order valence-corrected chi connectivity index (χ2v) is 8.11. The van der Waals surface area contributed by atoms with Crippen LogP contribution in [0.2, 0.25) is 0 Å². The Bertz CT molecular complexity index is 920. The lowest BCUT2D eigenvalue weighted by molar-refractivity contribution is -0.116. The molecule has 0 aliphatic heterocycles. The van der Waals surface area contributed by atoms with E-state index in [0.717, 1.165) is 11.3 Å². The first-order valence-corrected chi connectivity index (χ1v) is 10.5. The van der Waals surface area contributed by atoms with Crippen molar-refractivity contribution in [3.63, 3.8) is 0 Å². The largest absolute Gasteiger partial charge is 0.494 e. The van der Waals surface area contributed by atoms with E-state index < -0.39 is 11.7 Å². The van der Waals surface area contributed by atoms with Crippen molar-refractivity contribution in [2.45, 2.75) is 46.1 Å². The van der Waals surface area contributed by atoms with E-state index >= 15 is 0 Å². The summed E-state index contributed by atoms with van der Waals surface area (Å²) in [4.78, 5) is 36.1. The molecule has 0 aliphatic rings. The smallest absolute Gasteiger partial charge is 0.407 e. The van der Waals surface area contributed by atoms with Gasteiger partial charge in [-0.15, -0.1) is 0 Å². The van der Waals surface area contributed by atoms with Crippen LogP contribution in [0.4, 0.5) is 16.2 Å². The molecular weight excluding hydrogens is 410 g/mol. The topological polar surface area (TPSA) is 106 Å². The van der Waals surface area contributed by atoms with Gasteiger partial charge in [0.25, 0.3) is 0 Å². The van der Waals surface area contributed by atoms with Crippen molar-refractivity contribution in [1.82, 2.24) is 5.32 Å². The van der Waals surface area contributed by atoms with Crippen LogP contribution in [0.5, 0.6) is 5.75 Å². The fraction of sp³-hybridized carbons (Fsp3) is 0.375. The quantitative estimate of drug-likeness (QED) is 0.543. The Labute approximate surface area is 188 Å². The second kappa shape index (κ2) is 11.7. The minimum Gasteiger partial charge on any atom is -0.494 e. The number of ether oxygens (including phenoxy) is 2. The van der Waals surface area contributed by atoms with Gasteiger partial charge >= 0.3 is 6.09 Å². The highest BCUT2D eigenvalue weighted by Gasteiger charge is 2.16. The van der Waals surface area contributed by atoms with Crippen LogP contribution in [0.25, 0.3) is 0 Å². The lowest BCUT2D eigenvalue weighted by atomic mass is 10.1. The number of alkyl carbamates (subject to hydrolysis) is 1. The first-order valence-electron chi connectivity index (χ1n) is 10.5. The van der Waals surface area contributed by atoms with E-state index in [9.17, 15) is 14.4 Å². The third kappa shape index (κ3) is 9.51. The second-order valence-electron chi connectivity index (χ2n) is 8.11. The average Bonchev–Trinajstić information content (AvgIpc) is 2.68. The highest BCUT2D eigenvalue weighted by molar-refractivity contribution is 5.95. The van der Waals surface area contributed by atoms with Gasteiger partial charge in [-0.3, -0.25) is 9.59 Å². The van der Waals surface area contributed by atoms with Crippen molar-refractivity contribution in [2.75, 3.05) is 23.8 Å². The molecule has 2 aromatic rings. The first kappa shape index (κ1) is 24.7. The van der Waals surface area contributed by atoms with E-state index in [2.05, 4.69) is 16.0 Å². The molecule has 0 saturated heterocycles. The maximum absolute atomic E-state index is 12.3. The fourth-order valence-electron chi connectivity index (χ4n) is 2.75. The molecule has 0 saturated carbocycles. The predicted molar refractivity (Wildman–Crippen MR) is 124 cm³/mol. The number of nitrogens with one attached hydrogen (secondary N) is 3. The fourth-order valence-corrected chi connectivity index (χ4v) is 2.75. The van der Waals surface area contributed by atoms with Crippen molar-refractivity contribution in [1.29, 1.82) is 0 Å². The molecule has 32 heavy (non-hydrogen) atoms. The van der Waals surface area contributed by atoms with Crippen LogP contribution in [0, 0.1) is 0 Å². The van der Waals surface area contributed by atoms with E-state index in [-0.39, 0.29) is 31.2 Å². The summed E-state index contributed by atoms with van der Waals surface area (Å²) in [5.74, 6) is 0.333. The molecule has 0 unspecified atom stereocenters. The van der Waals surface area contributed by atoms with Crippen LogP contribution in [-0.2, 0) is 20.7 Å². The summed E-state index contributed by atoms with van der Waals surface area (Å²) < 4.78 is 10.5. The number of rotatable bonds is 9. The molecule has 3 amide bonds. The molecule has 2 rings (SSSR count). The van der Waals surface area contributed by atoms with Gasteiger partial charge in [-0.05, 0) is 63.6 Å². The zero-order valence-electron chi connectivity index (χ0n) is 19.0. The van der Waals surface area contributed by atoms with Crippen molar-refractivity contribution in [2.24, 2.45) is 0 Å². The first-order chi connectivity index (χ1) is 15.1. The van der Waals surface area contributed by atoms with E-state index in [1.807, 2.05) is 31.2 Å². The molecule has 0 fully saturated rings. The molecule has 172 valence electrons. The van der Waals surface area contributed by atoms with Crippen molar-refractivity contribution in [3.8, 4) is 5.75 Å². The SMILES string of the molecule is CCOc1ccc(CC(=O)Nc2cccc(NC(=O)CCNC(=O)OC(C)(C)C)c2)cc1. The van der Waals surface area contributed by atoms with Crippen LogP contribution >= 0.6 is 0 Å². The summed E-state index contributed by atoms with van der Waals surface area (Å²) in [6, 6.07) is 14.3. The maximum atomic E-state index is 12.3. The Kier molecular flexibility index (Phi) is 9.07. The minimum absolute atomic E-state index is 0.0908. The Balaban J connectivity index is 1.80. The predicted octanol–water partition coefficient (Wildman–Crippen LogP) is 4.12. The van der Waals surface area contributed by atoms with Crippen molar-refractivity contribution >= 4 is 29.3 Å². The normalized spacial score (nSPS) is 10.8. The number of amides is 3. The van der Waals surface area contributed by atoms with E-state index in [0.29, 0.717) is 18.0 Å². The van der Waals surface area contributed by atoms with Gasteiger partial charge in [0.1, 0.15) is 11.4 Å². The molecular formula is C24H31N3O5. The summed E-state index contributed by atoms with van der Waals surface area (Å²) >= 11 is 0. The van der Waals surface area contributed by atoms with Crippen LogP contribution in [0.1, 0.15) is 39.7 Å². The number of benzene rings is 2. The van der Waals surface area contributed by atoms with Gasteiger partial charge in [-0.1, -0.05) is 18.2 Å². The Morgan fingerprint density at radius 1 is 0.906 bits per heavy atom. The van der Waals surface area contributed by atoms with Gasteiger partial charge in [0.15, 0.2) is 0 Å². The molecule has 0 atom stereocenters. The van der Waals surface area contributed by atoms with E-state index in [4.69, 9.17) is 9.47 Å². The maximum Gasteiger partial charge on any atom is 0.407 e. The number of anilines is 2. The molecule has 8 nitrogen and oxygen atoms in total.